The summed E-state index contributed by atoms with van der Waals surface area (Å²) in [5.41, 5.74) is 2.40. The highest BCUT2D eigenvalue weighted by Gasteiger charge is 2.41. The molecule has 3 atom stereocenters. The number of ether oxygens (including phenoxy) is 4. The molecule has 1 aliphatic carbocycles. The molecule has 0 aromatic heterocycles. The first-order chi connectivity index (χ1) is 14.1. The zero-order chi connectivity index (χ0) is 20.2. The molecule has 4 rings (SSSR count). The largest absolute Gasteiger partial charge is 0.497 e. The molecule has 5 nitrogen and oxygen atoms in total. The SMILES string of the molecule is COc1ccc(OC2=COC3CC(OCc4ccc(C)cc4)CCC3C2=O)cc1. The molecule has 0 spiro atoms. The average Bonchev–Trinajstić information content (AvgIpc) is 2.76. The monoisotopic (exact) mass is 394 g/mol. The number of allylic oxidation sites excluding steroid dienone is 1. The van der Waals surface area contributed by atoms with Crippen LogP contribution in [0.2, 0.25) is 0 Å². The summed E-state index contributed by atoms with van der Waals surface area (Å²) >= 11 is 0. The molecule has 0 bridgehead atoms. The van der Waals surface area contributed by atoms with Crippen LogP contribution < -0.4 is 9.47 Å². The Morgan fingerprint density at radius 2 is 1.72 bits per heavy atom. The molecule has 0 radical (unpaired) electrons. The maximum atomic E-state index is 12.9. The van der Waals surface area contributed by atoms with Gasteiger partial charge >= 0.3 is 0 Å². The Bertz CT molecular complexity index is 869. The Hall–Kier alpha value is -2.79. The number of ketones is 1. The molecule has 1 fully saturated rings. The zero-order valence-corrected chi connectivity index (χ0v) is 16.8. The van der Waals surface area contributed by atoms with Crippen LogP contribution >= 0.6 is 0 Å². The molecule has 3 unspecified atom stereocenters. The summed E-state index contributed by atoms with van der Waals surface area (Å²) in [5.74, 6) is 1.42. The van der Waals surface area contributed by atoms with E-state index in [1.54, 1.807) is 31.4 Å². The lowest BCUT2D eigenvalue weighted by molar-refractivity contribution is -0.134. The minimum absolute atomic E-state index is 0.00838. The second kappa shape index (κ2) is 8.70. The van der Waals surface area contributed by atoms with Gasteiger partial charge in [-0.05, 0) is 49.6 Å². The number of rotatable bonds is 6. The standard InChI is InChI=1S/C24H26O5/c1-16-3-5-17(6-4-16)14-27-20-11-12-21-22(13-20)28-15-23(24(21)25)29-19-9-7-18(26-2)8-10-19/h3-10,15,20-22H,11-14H2,1-2H3. The number of fused-ring (bicyclic) bond motifs is 1. The van der Waals surface area contributed by atoms with E-state index in [-0.39, 0.29) is 29.7 Å². The normalized spacial score (nSPS) is 23.6. The number of methoxy groups -OCH3 is 1. The molecule has 0 N–H and O–H groups in total. The third-order valence-electron chi connectivity index (χ3n) is 5.57. The van der Waals surface area contributed by atoms with E-state index in [1.807, 2.05) is 0 Å². The number of carbonyl (C=O) groups excluding carboxylic acids is 1. The summed E-state index contributed by atoms with van der Waals surface area (Å²) < 4.78 is 22.8. The Balaban J connectivity index is 1.33. The molecule has 29 heavy (non-hydrogen) atoms. The predicted molar refractivity (Wildman–Crippen MR) is 109 cm³/mol. The van der Waals surface area contributed by atoms with Crippen LogP contribution in [0, 0.1) is 12.8 Å². The molecule has 1 aliphatic heterocycles. The van der Waals surface area contributed by atoms with Gasteiger partial charge < -0.3 is 18.9 Å². The van der Waals surface area contributed by atoms with Crippen LogP contribution in [-0.2, 0) is 20.9 Å². The van der Waals surface area contributed by atoms with Crippen LogP contribution in [0.4, 0.5) is 0 Å². The molecule has 1 saturated carbocycles. The lowest BCUT2D eigenvalue weighted by Crippen LogP contribution is -2.42. The van der Waals surface area contributed by atoms with Crippen molar-refractivity contribution in [3.05, 3.63) is 71.7 Å². The second-order valence-electron chi connectivity index (χ2n) is 7.64. The van der Waals surface area contributed by atoms with Crippen molar-refractivity contribution in [2.75, 3.05) is 7.11 Å². The highest BCUT2D eigenvalue weighted by Crippen LogP contribution is 2.35. The van der Waals surface area contributed by atoms with Crippen molar-refractivity contribution in [3.63, 3.8) is 0 Å². The first-order valence-corrected chi connectivity index (χ1v) is 10.0. The number of carbonyl (C=O) groups is 1. The second-order valence-corrected chi connectivity index (χ2v) is 7.64. The highest BCUT2D eigenvalue weighted by atomic mass is 16.5. The molecule has 0 saturated heterocycles. The van der Waals surface area contributed by atoms with Gasteiger partial charge in [0.05, 0.1) is 25.7 Å². The molecule has 2 aromatic carbocycles. The molecule has 2 aliphatic rings. The van der Waals surface area contributed by atoms with Crippen LogP contribution in [0.25, 0.3) is 0 Å². The number of benzene rings is 2. The van der Waals surface area contributed by atoms with Gasteiger partial charge in [0.25, 0.3) is 0 Å². The fraction of sp³-hybridized carbons (Fsp3) is 0.375. The van der Waals surface area contributed by atoms with E-state index in [0.717, 1.165) is 24.2 Å². The van der Waals surface area contributed by atoms with Gasteiger partial charge in [0.2, 0.25) is 11.5 Å². The van der Waals surface area contributed by atoms with E-state index in [9.17, 15) is 4.79 Å². The molecular formula is C24H26O5. The fourth-order valence-corrected chi connectivity index (χ4v) is 3.83. The van der Waals surface area contributed by atoms with Crippen molar-refractivity contribution in [2.45, 2.75) is 45.0 Å². The fourth-order valence-electron chi connectivity index (χ4n) is 3.83. The molecule has 2 aromatic rings. The summed E-state index contributed by atoms with van der Waals surface area (Å²) in [7, 11) is 1.61. The van der Waals surface area contributed by atoms with Gasteiger partial charge in [-0.1, -0.05) is 29.8 Å². The third kappa shape index (κ3) is 4.62. The van der Waals surface area contributed by atoms with Crippen LogP contribution in [0.5, 0.6) is 11.5 Å². The van der Waals surface area contributed by atoms with Crippen molar-refractivity contribution >= 4 is 5.78 Å². The maximum absolute atomic E-state index is 12.9. The third-order valence-corrected chi connectivity index (χ3v) is 5.57. The quantitative estimate of drug-likeness (QED) is 0.718. The van der Waals surface area contributed by atoms with Crippen LogP contribution in [0.3, 0.4) is 0 Å². The predicted octanol–water partition coefficient (Wildman–Crippen LogP) is 4.58. The summed E-state index contributed by atoms with van der Waals surface area (Å²) in [5, 5.41) is 0. The number of hydrogen-bond donors (Lipinski definition) is 0. The Kier molecular flexibility index (Phi) is 5.86. The first kappa shape index (κ1) is 19.5. The van der Waals surface area contributed by atoms with Crippen molar-refractivity contribution in [1.82, 2.24) is 0 Å². The van der Waals surface area contributed by atoms with Gasteiger partial charge in [-0.25, -0.2) is 0 Å². The first-order valence-electron chi connectivity index (χ1n) is 10.0. The summed E-state index contributed by atoms with van der Waals surface area (Å²) in [6.45, 7) is 2.65. The number of hydrogen-bond acceptors (Lipinski definition) is 5. The highest BCUT2D eigenvalue weighted by molar-refractivity contribution is 5.96. The van der Waals surface area contributed by atoms with E-state index in [2.05, 4.69) is 31.2 Å². The number of aryl methyl sites for hydroxylation is 1. The lowest BCUT2D eigenvalue weighted by atomic mass is 9.80. The van der Waals surface area contributed by atoms with Crippen molar-refractivity contribution in [2.24, 2.45) is 5.92 Å². The molecule has 1 heterocycles. The summed E-state index contributed by atoms with van der Waals surface area (Å²) in [6.07, 6.45) is 3.71. The van der Waals surface area contributed by atoms with Crippen molar-refractivity contribution < 1.29 is 23.7 Å². The van der Waals surface area contributed by atoms with Crippen molar-refractivity contribution in [3.8, 4) is 11.5 Å². The molecular weight excluding hydrogens is 368 g/mol. The molecule has 152 valence electrons. The Morgan fingerprint density at radius 1 is 1.00 bits per heavy atom. The van der Waals surface area contributed by atoms with E-state index in [4.69, 9.17) is 18.9 Å². The van der Waals surface area contributed by atoms with Gasteiger partial charge in [0, 0.05) is 6.42 Å². The van der Waals surface area contributed by atoms with E-state index < -0.39 is 0 Å². The molecule has 0 amide bonds. The maximum Gasteiger partial charge on any atom is 0.207 e. The minimum atomic E-state index is -0.174. The van der Waals surface area contributed by atoms with E-state index in [0.29, 0.717) is 18.8 Å². The van der Waals surface area contributed by atoms with Gasteiger partial charge in [0.1, 0.15) is 23.9 Å². The van der Waals surface area contributed by atoms with Gasteiger partial charge in [-0.15, -0.1) is 0 Å². The van der Waals surface area contributed by atoms with Crippen molar-refractivity contribution in [1.29, 1.82) is 0 Å². The van der Waals surface area contributed by atoms with Crippen LogP contribution in [0.1, 0.15) is 30.4 Å². The van der Waals surface area contributed by atoms with Crippen LogP contribution in [-0.4, -0.2) is 25.1 Å². The van der Waals surface area contributed by atoms with Gasteiger partial charge in [-0.3, -0.25) is 4.79 Å². The minimum Gasteiger partial charge on any atom is -0.497 e. The Labute approximate surface area is 171 Å². The average molecular weight is 394 g/mol. The Morgan fingerprint density at radius 3 is 2.45 bits per heavy atom. The molecule has 5 heteroatoms. The van der Waals surface area contributed by atoms with Crippen LogP contribution in [0.15, 0.2) is 60.6 Å². The topological polar surface area (TPSA) is 54.0 Å². The smallest absolute Gasteiger partial charge is 0.207 e. The van der Waals surface area contributed by atoms with E-state index in [1.165, 1.54) is 11.8 Å². The van der Waals surface area contributed by atoms with E-state index >= 15 is 0 Å². The number of Topliss-reactive ketones (excluding diaryl/α,β-unsaturated/α-hetero) is 1. The summed E-state index contributed by atoms with van der Waals surface area (Å²) in [6, 6.07) is 15.5. The lowest BCUT2D eigenvalue weighted by Gasteiger charge is -2.37. The van der Waals surface area contributed by atoms with Gasteiger partial charge in [-0.2, -0.15) is 0 Å². The summed E-state index contributed by atoms with van der Waals surface area (Å²) in [4.78, 5) is 12.9. The van der Waals surface area contributed by atoms with Gasteiger partial charge in [0.15, 0.2) is 0 Å². The zero-order valence-electron chi connectivity index (χ0n) is 16.8.